The molecular weight excluding hydrogens is 372 g/mol. The molecule has 2 aromatic rings. The highest BCUT2D eigenvalue weighted by molar-refractivity contribution is 7.92. The molecule has 5 nitrogen and oxygen atoms in total. The molecule has 0 atom stereocenters. The molecule has 0 unspecified atom stereocenters. The van der Waals surface area contributed by atoms with Gasteiger partial charge in [0.2, 0.25) is 15.9 Å². The molecule has 0 heterocycles. The monoisotopic (exact) mass is 394 g/mol. The molecule has 2 aromatic carbocycles. The van der Waals surface area contributed by atoms with E-state index in [1.807, 2.05) is 25.1 Å². The Kier molecular flexibility index (Phi) is 7.06. The van der Waals surface area contributed by atoms with Crippen molar-refractivity contribution in [3.63, 3.8) is 0 Å². The molecule has 0 aromatic heterocycles. The van der Waals surface area contributed by atoms with Gasteiger partial charge in [-0.05, 0) is 35.7 Å². The summed E-state index contributed by atoms with van der Waals surface area (Å²) >= 11 is 5.83. The van der Waals surface area contributed by atoms with E-state index in [1.54, 1.807) is 30.3 Å². The van der Waals surface area contributed by atoms with Gasteiger partial charge in [0, 0.05) is 11.6 Å². The minimum Gasteiger partial charge on any atom is -0.354 e. The summed E-state index contributed by atoms with van der Waals surface area (Å²) in [7, 11) is -3.44. The van der Waals surface area contributed by atoms with Crippen LogP contribution in [-0.2, 0) is 27.7 Å². The predicted octanol–water partition coefficient (Wildman–Crippen LogP) is 3.03. The number of hydrogen-bond donors (Lipinski definition) is 1. The van der Waals surface area contributed by atoms with Gasteiger partial charge in [-0.1, -0.05) is 48.9 Å². The van der Waals surface area contributed by atoms with Crippen LogP contribution < -0.4 is 9.62 Å². The van der Waals surface area contributed by atoms with Crippen LogP contribution in [0.5, 0.6) is 0 Å². The molecule has 1 amide bonds. The number of para-hydroxylation sites is 1. The lowest BCUT2D eigenvalue weighted by Crippen LogP contribution is -2.39. The minimum atomic E-state index is -3.44. The van der Waals surface area contributed by atoms with Gasteiger partial charge in [0.05, 0.1) is 24.9 Å². The van der Waals surface area contributed by atoms with Crippen LogP contribution in [-0.4, -0.2) is 33.7 Å². The van der Waals surface area contributed by atoms with Gasteiger partial charge in [-0.15, -0.1) is 0 Å². The van der Waals surface area contributed by atoms with Crippen LogP contribution in [0, 0.1) is 0 Å². The summed E-state index contributed by atoms with van der Waals surface area (Å²) in [6, 6.07) is 14.4. The third-order valence-corrected chi connectivity index (χ3v) is 5.39. The number of carbonyl (C=O) groups excluding carboxylic acids is 1. The van der Waals surface area contributed by atoms with E-state index in [0.717, 1.165) is 17.5 Å². The van der Waals surface area contributed by atoms with Gasteiger partial charge in [-0.3, -0.25) is 9.10 Å². The number of nitrogens with one attached hydrogen (secondary N) is 1. The molecule has 7 heteroatoms. The highest BCUT2D eigenvalue weighted by Crippen LogP contribution is 2.22. The Morgan fingerprint density at radius 1 is 1.12 bits per heavy atom. The number of hydrogen-bond acceptors (Lipinski definition) is 3. The summed E-state index contributed by atoms with van der Waals surface area (Å²) in [5.74, 6) is -0.162. The molecule has 0 aliphatic rings. The zero-order valence-electron chi connectivity index (χ0n) is 14.9. The summed E-state index contributed by atoms with van der Waals surface area (Å²) in [6.45, 7) is 2.40. The Hall–Kier alpha value is -2.05. The zero-order valence-corrected chi connectivity index (χ0v) is 16.5. The predicted molar refractivity (Wildman–Crippen MR) is 106 cm³/mol. The second-order valence-electron chi connectivity index (χ2n) is 5.97. The van der Waals surface area contributed by atoms with Gasteiger partial charge in [0.1, 0.15) is 0 Å². The third-order valence-electron chi connectivity index (χ3n) is 3.96. The molecule has 0 saturated heterocycles. The van der Waals surface area contributed by atoms with Gasteiger partial charge in [-0.25, -0.2) is 8.42 Å². The highest BCUT2D eigenvalue weighted by atomic mass is 35.5. The first-order valence-electron chi connectivity index (χ1n) is 8.38. The first-order valence-corrected chi connectivity index (χ1v) is 10.6. The molecule has 26 heavy (non-hydrogen) atoms. The lowest BCUT2D eigenvalue weighted by Gasteiger charge is -2.24. The van der Waals surface area contributed by atoms with Crippen molar-refractivity contribution in [2.45, 2.75) is 19.8 Å². The fourth-order valence-electron chi connectivity index (χ4n) is 2.67. The topological polar surface area (TPSA) is 66.5 Å². The van der Waals surface area contributed by atoms with E-state index in [1.165, 1.54) is 10.6 Å². The molecule has 0 aliphatic heterocycles. The molecule has 0 radical (unpaired) electrons. The van der Waals surface area contributed by atoms with Crippen molar-refractivity contribution in [3.05, 3.63) is 64.7 Å². The lowest BCUT2D eigenvalue weighted by atomic mass is 10.1. The number of nitrogens with zero attached hydrogens (tertiary/aromatic N) is 1. The fraction of sp³-hybridized carbons (Fsp3) is 0.316. The number of halogens is 1. The van der Waals surface area contributed by atoms with Gasteiger partial charge in [-0.2, -0.15) is 0 Å². The SMILES string of the molecule is CCc1ccccc1N(CCNC(=O)Cc1ccc(Cl)cc1)S(C)(=O)=O. The maximum atomic E-state index is 12.2. The summed E-state index contributed by atoms with van der Waals surface area (Å²) in [5.41, 5.74) is 2.46. The van der Waals surface area contributed by atoms with Crippen LogP contribution in [0.1, 0.15) is 18.1 Å². The molecule has 140 valence electrons. The molecule has 0 fully saturated rings. The van der Waals surface area contributed by atoms with Gasteiger partial charge in [0.15, 0.2) is 0 Å². The minimum absolute atomic E-state index is 0.162. The van der Waals surface area contributed by atoms with E-state index in [4.69, 9.17) is 11.6 Å². The number of aryl methyl sites for hydroxylation is 1. The first-order chi connectivity index (χ1) is 12.3. The van der Waals surface area contributed by atoms with Crippen LogP contribution in [0.2, 0.25) is 5.02 Å². The molecule has 0 spiro atoms. The largest absolute Gasteiger partial charge is 0.354 e. The molecule has 0 aliphatic carbocycles. The highest BCUT2D eigenvalue weighted by Gasteiger charge is 2.19. The average molecular weight is 395 g/mol. The lowest BCUT2D eigenvalue weighted by molar-refractivity contribution is -0.120. The third kappa shape index (κ3) is 5.75. The average Bonchev–Trinajstić information content (AvgIpc) is 2.60. The quantitative estimate of drug-likeness (QED) is 0.748. The molecular formula is C19H23ClN2O3S. The molecule has 0 bridgehead atoms. The molecule has 0 saturated carbocycles. The van der Waals surface area contributed by atoms with Gasteiger partial charge < -0.3 is 5.32 Å². The summed E-state index contributed by atoms with van der Waals surface area (Å²) in [5, 5.41) is 3.40. The second kappa shape index (κ2) is 9.05. The Labute approximate surface area is 160 Å². The van der Waals surface area contributed by atoms with Crippen LogP contribution in [0.25, 0.3) is 0 Å². The van der Waals surface area contributed by atoms with E-state index in [2.05, 4.69) is 5.32 Å². The van der Waals surface area contributed by atoms with E-state index < -0.39 is 10.0 Å². The van der Waals surface area contributed by atoms with E-state index >= 15 is 0 Å². The number of sulfonamides is 1. The van der Waals surface area contributed by atoms with Crippen LogP contribution in [0.4, 0.5) is 5.69 Å². The van der Waals surface area contributed by atoms with Crippen molar-refractivity contribution in [2.24, 2.45) is 0 Å². The van der Waals surface area contributed by atoms with Crippen LogP contribution >= 0.6 is 11.6 Å². The van der Waals surface area contributed by atoms with Crippen molar-refractivity contribution in [3.8, 4) is 0 Å². The maximum absolute atomic E-state index is 12.2. The fourth-order valence-corrected chi connectivity index (χ4v) is 3.75. The Balaban J connectivity index is 2.00. The van der Waals surface area contributed by atoms with Gasteiger partial charge >= 0.3 is 0 Å². The summed E-state index contributed by atoms with van der Waals surface area (Å²) in [6.07, 6.45) is 2.13. The summed E-state index contributed by atoms with van der Waals surface area (Å²) in [4.78, 5) is 12.1. The Bertz CT molecular complexity index is 851. The van der Waals surface area contributed by atoms with E-state index in [9.17, 15) is 13.2 Å². The van der Waals surface area contributed by atoms with E-state index in [-0.39, 0.29) is 25.4 Å². The number of amides is 1. The van der Waals surface area contributed by atoms with E-state index in [0.29, 0.717) is 10.7 Å². The number of benzene rings is 2. The standard InChI is InChI=1S/C19H23ClN2O3S/c1-3-16-6-4-5-7-18(16)22(26(2,24)25)13-12-21-19(23)14-15-8-10-17(20)11-9-15/h4-11H,3,12-14H2,1-2H3,(H,21,23). The first kappa shape index (κ1) is 20.3. The van der Waals surface area contributed by atoms with Crippen molar-refractivity contribution in [2.75, 3.05) is 23.7 Å². The van der Waals surface area contributed by atoms with Crippen LogP contribution in [0.3, 0.4) is 0 Å². The number of carbonyl (C=O) groups is 1. The molecule has 1 N–H and O–H groups in total. The van der Waals surface area contributed by atoms with Crippen molar-refractivity contribution in [1.82, 2.24) is 5.32 Å². The van der Waals surface area contributed by atoms with Gasteiger partial charge in [0.25, 0.3) is 0 Å². The smallest absolute Gasteiger partial charge is 0.232 e. The van der Waals surface area contributed by atoms with Crippen molar-refractivity contribution < 1.29 is 13.2 Å². The number of anilines is 1. The maximum Gasteiger partial charge on any atom is 0.232 e. The normalized spacial score (nSPS) is 11.2. The summed E-state index contributed by atoms with van der Waals surface area (Å²) < 4.78 is 25.7. The second-order valence-corrected chi connectivity index (χ2v) is 8.31. The Morgan fingerprint density at radius 3 is 2.38 bits per heavy atom. The van der Waals surface area contributed by atoms with Crippen molar-refractivity contribution in [1.29, 1.82) is 0 Å². The Morgan fingerprint density at radius 2 is 1.77 bits per heavy atom. The van der Waals surface area contributed by atoms with Crippen LogP contribution in [0.15, 0.2) is 48.5 Å². The zero-order chi connectivity index (χ0) is 19.2. The molecule has 2 rings (SSSR count). The number of rotatable bonds is 8. The van der Waals surface area contributed by atoms with Crippen molar-refractivity contribution >= 4 is 33.2 Å².